The van der Waals surface area contributed by atoms with Crippen LogP contribution in [0.4, 0.5) is 5.69 Å². The van der Waals surface area contributed by atoms with Crippen molar-refractivity contribution in [3.63, 3.8) is 0 Å². The SMILES string of the molecule is C#[SH](Cc1ccc(Cl)cc1)N1CCN(c2cnn(-c3ccccc3)c(=O)c2OC2CCCC2)CC1. The highest BCUT2D eigenvalue weighted by atomic mass is 35.5. The lowest BCUT2D eigenvalue weighted by atomic mass is 10.2. The second-order valence-corrected chi connectivity index (χ2v) is 11.3. The van der Waals surface area contributed by atoms with E-state index in [1.54, 1.807) is 6.20 Å². The van der Waals surface area contributed by atoms with Crippen LogP contribution in [0.25, 0.3) is 5.69 Å². The number of nitrogens with zero attached hydrogens (tertiary/aromatic N) is 4. The monoisotopic (exact) mass is 510 g/mol. The Balaban J connectivity index is 1.33. The molecule has 1 saturated heterocycles. The molecule has 35 heavy (non-hydrogen) atoms. The van der Waals surface area contributed by atoms with Gasteiger partial charge in [-0.05, 0) is 55.5 Å². The van der Waals surface area contributed by atoms with Crippen LogP contribution in [0.3, 0.4) is 0 Å². The molecule has 0 radical (unpaired) electrons. The Hall–Kier alpha value is -2.70. The van der Waals surface area contributed by atoms with Crippen molar-refractivity contribution in [1.29, 1.82) is 0 Å². The number of hydrogen-bond donors (Lipinski definition) is 1. The Morgan fingerprint density at radius 3 is 2.37 bits per heavy atom. The largest absolute Gasteiger partial charge is 0.483 e. The average Bonchev–Trinajstić information content (AvgIpc) is 3.40. The van der Waals surface area contributed by atoms with Gasteiger partial charge < -0.3 is 9.64 Å². The lowest BCUT2D eigenvalue weighted by Crippen LogP contribution is -2.45. The molecule has 0 bridgehead atoms. The smallest absolute Gasteiger partial charge is 0.316 e. The van der Waals surface area contributed by atoms with Gasteiger partial charge in [0.1, 0.15) is 5.69 Å². The van der Waals surface area contributed by atoms with Crippen LogP contribution in [-0.2, 0) is 5.75 Å². The van der Waals surface area contributed by atoms with Crippen molar-refractivity contribution >= 4 is 27.8 Å². The van der Waals surface area contributed by atoms with E-state index in [0.29, 0.717) is 5.75 Å². The number of piperazine rings is 1. The zero-order chi connectivity index (χ0) is 24.2. The van der Waals surface area contributed by atoms with E-state index in [1.165, 1.54) is 10.2 Å². The van der Waals surface area contributed by atoms with Crippen LogP contribution in [0.2, 0.25) is 5.02 Å². The summed E-state index contributed by atoms with van der Waals surface area (Å²) in [6, 6.07) is 17.4. The summed E-state index contributed by atoms with van der Waals surface area (Å²) in [7, 11) is -0.782. The first-order valence-corrected chi connectivity index (χ1v) is 14.1. The molecular weight excluding hydrogens is 480 g/mol. The number of ether oxygens (including phenoxy) is 1. The predicted octanol–water partition coefficient (Wildman–Crippen LogP) is 5.03. The molecule has 5 rings (SSSR count). The number of hydrogen-bond acceptors (Lipinski definition) is 5. The van der Waals surface area contributed by atoms with E-state index >= 15 is 0 Å². The molecule has 2 fully saturated rings. The van der Waals surface area contributed by atoms with Gasteiger partial charge in [-0.25, -0.2) is 0 Å². The molecule has 1 unspecified atom stereocenters. The van der Waals surface area contributed by atoms with Crippen molar-refractivity contribution in [1.82, 2.24) is 14.1 Å². The summed E-state index contributed by atoms with van der Waals surface area (Å²) >= 11 is 6.01. The fraction of sp³-hybridized carbons (Fsp3) is 0.370. The molecule has 0 spiro atoms. The van der Waals surface area contributed by atoms with E-state index in [2.05, 4.69) is 14.3 Å². The fourth-order valence-corrected chi connectivity index (χ4v) is 6.37. The van der Waals surface area contributed by atoms with Crippen molar-refractivity contribution < 1.29 is 4.74 Å². The highest BCUT2D eigenvalue weighted by Gasteiger charge is 2.26. The maximum atomic E-state index is 13.5. The summed E-state index contributed by atoms with van der Waals surface area (Å²) in [6.07, 6.45) is 6.14. The molecule has 2 heterocycles. The Kier molecular flexibility index (Phi) is 7.49. The average molecular weight is 511 g/mol. The minimum atomic E-state index is -0.782. The van der Waals surface area contributed by atoms with Gasteiger partial charge in [-0.2, -0.15) is 9.78 Å². The summed E-state index contributed by atoms with van der Waals surface area (Å²) in [4.78, 5) is 15.8. The van der Waals surface area contributed by atoms with Crippen LogP contribution in [0, 0.1) is 5.69 Å². The number of aromatic nitrogens is 2. The van der Waals surface area contributed by atoms with Crippen LogP contribution in [0.15, 0.2) is 65.6 Å². The summed E-state index contributed by atoms with van der Waals surface area (Å²) in [5.74, 6) is 1.25. The minimum Gasteiger partial charge on any atom is -0.483 e. The molecule has 1 atom stereocenters. The molecule has 1 saturated carbocycles. The van der Waals surface area contributed by atoms with E-state index in [1.807, 2.05) is 54.6 Å². The van der Waals surface area contributed by atoms with Gasteiger partial charge in [0.2, 0.25) is 5.75 Å². The molecule has 1 aromatic heterocycles. The van der Waals surface area contributed by atoms with Crippen LogP contribution < -0.4 is 15.2 Å². The number of benzene rings is 2. The van der Waals surface area contributed by atoms with Gasteiger partial charge in [-0.3, -0.25) is 9.10 Å². The predicted molar refractivity (Wildman–Crippen MR) is 146 cm³/mol. The van der Waals surface area contributed by atoms with Crippen LogP contribution in [0.1, 0.15) is 31.2 Å². The first-order chi connectivity index (χ1) is 17.1. The zero-order valence-corrected chi connectivity index (χ0v) is 21.4. The Bertz CT molecular complexity index is 1270. The van der Waals surface area contributed by atoms with Gasteiger partial charge in [-0.1, -0.05) is 41.9 Å². The number of para-hydroxylation sites is 1. The number of rotatable bonds is 5. The zero-order valence-electron chi connectivity index (χ0n) is 19.7. The maximum Gasteiger partial charge on any atom is 0.316 e. The molecule has 0 amide bonds. The highest BCUT2D eigenvalue weighted by Crippen LogP contribution is 2.32. The Morgan fingerprint density at radius 2 is 1.69 bits per heavy atom. The van der Waals surface area contributed by atoms with Gasteiger partial charge in [-0.15, -0.1) is 16.2 Å². The molecule has 1 aliphatic heterocycles. The van der Waals surface area contributed by atoms with Crippen molar-refractivity contribution in [3.05, 3.63) is 81.7 Å². The first-order valence-electron chi connectivity index (χ1n) is 12.2. The number of thiol groups is 1. The third kappa shape index (κ3) is 5.60. The standard InChI is InChI=1S/C27H31ClN4O2S/c1-35(20-21-11-13-22(28)14-12-21)31-17-15-30(16-18-31)25-19-29-32(23-7-3-2-4-8-23)27(33)26(25)34-24-9-5-6-10-24/h1-4,7-8,11-14,19,24,35H,5-6,9-10,15-18,20H2. The van der Waals surface area contributed by atoms with Crippen molar-refractivity contribution in [2.45, 2.75) is 37.5 Å². The van der Waals surface area contributed by atoms with Crippen LogP contribution in [0.5, 0.6) is 5.75 Å². The van der Waals surface area contributed by atoms with Crippen molar-refractivity contribution in [2.24, 2.45) is 0 Å². The normalized spacial score (nSPS) is 18.0. The molecule has 6 nitrogen and oxygen atoms in total. The molecule has 3 aromatic rings. The van der Waals surface area contributed by atoms with Gasteiger partial charge in [0, 0.05) is 37.0 Å². The summed E-state index contributed by atoms with van der Waals surface area (Å²) in [6.45, 7) is 3.21. The molecule has 2 aliphatic rings. The van der Waals surface area contributed by atoms with E-state index in [-0.39, 0.29) is 11.7 Å². The molecule has 184 valence electrons. The molecule has 1 aliphatic carbocycles. The number of anilines is 1. The highest BCUT2D eigenvalue weighted by molar-refractivity contribution is 8.03. The molecular formula is C27H31ClN4O2S. The minimum absolute atomic E-state index is 0.0885. The van der Waals surface area contributed by atoms with Gasteiger partial charge >= 0.3 is 5.56 Å². The quantitative estimate of drug-likeness (QED) is 0.488. The van der Waals surface area contributed by atoms with Crippen molar-refractivity contribution in [2.75, 3.05) is 31.1 Å². The Morgan fingerprint density at radius 1 is 1.00 bits per heavy atom. The van der Waals surface area contributed by atoms with Crippen LogP contribution in [-0.4, -0.2) is 46.4 Å². The van der Waals surface area contributed by atoms with E-state index in [9.17, 15) is 4.79 Å². The van der Waals surface area contributed by atoms with E-state index < -0.39 is 10.5 Å². The topological polar surface area (TPSA) is 50.6 Å². The van der Waals surface area contributed by atoms with Gasteiger partial charge in [0.15, 0.2) is 0 Å². The Labute approximate surface area is 213 Å². The van der Waals surface area contributed by atoms with Crippen LogP contribution >= 0.6 is 22.1 Å². The second-order valence-electron chi connectivity index (χ2n) is 9.10. The lowest BCUT2D eigenvalue weighted by Gasteiger charge is -2.37. The third-order valence-corrected chi connectivity index (χ3v) is 8.79. The maximum absolute atomic E-state index is 13.5. The molecule has 0 N–H and O–H groups in total. The summed E-state index contributed by atoms with van der Waals surface area (Å²) in [5, 5.41) is 5.25. The van der Waals surface area contributed by atoms with E-state index in [4.69, 9.17) is 22.0 Å². The van der Waals surface area contributed by atoms with Gasteiger partial charge in [0.05, 0.1) is 18.0 Å². The lowest BCUT2D eigenvalue weighted by molar-refractivity contribution is 0.205. The first kappa shape index (κ1) is 24.0. The summed E-state index contributed by atoms with van der Waals surface area (Å²) < 4.78 is 10.2. The third-order valence-electron chi connectivity index (χ3n) is 6.72. The van der Waals surface area contributed by atoms with Crippen molar-refractivity contribution in [3.8, 4) is 17.1 Å². The van der Waals surface area contributed by atoms with Gasteiger partial charge in [0.25, 0.3) is 0 Å². The molecule has 8 heteroatoms. The second kappa shape index (κ2) is 10.9. The molecule has 2 aromatic carbocycles. The number of halogens is 1. The van der Waals surface area contributed by atoms with E-state index in [0.717, 1.165) is 74.0 Å². The summed E-state index contributed by atoms with van der Waals surface area (Å²) in [5.41, 5.74) is 9.12. The fourth-order valence-electron chi connectivity index (χ4n) is 4.76.